The Labute approximate surface area is 121 Å². The van der Waals surface area contributed by atoms with E-state index in [0.717, 1.165) is 30.0 Å². The maximum Gasteiger partial charge on any atom is 0.124 e. The molecule has 18 heavy (non-hydrogen) atoms. The number of aromatic nitrogens is 1. The lowest BCUT2D eigenvalue weighted by Crippen LogP contribution is -1.88. The van der Waals surface area contributed by atoms with Gasteiger partial charge in [-0.25, -0.2) is 9.37 Å². The van der Waals surface area contributed by atoms with Crippen LogP contribution in [0.1, 0.15) is 0 Å². The van der Waals surface area contributed by atoms with Gasteiger partial charge < -0.3 is 5.73 Å². The fraction of sp³-hybridized carbons (Fsp3) is 0. The Morgan fingerprint density at radius 1 is 1.17 bits per heavy atom. The molecule has 0 saturated heterocycles. The van der Waals surface area contributed by atoms with E-state index in [-0.39, 0.29) is 5.82 Å². The second-order valence-electron chi connectivity index (χ2n) is 3.87. The van der Waals surface area contributed by atoms with E-state index in [2.05, 4.69) is 27.6 Å². The first kappa shape index (κ1) is 11.9. The van der Waals surface area contributed by atoms with Gasteiger partial charge in [-0.1, -0.05) is 0 Å². The number of fused-ring (bicyclic) bond motifs is 1. The molecule has 0 aliphatic carbocycles. The van der Waals surface area contributed by atoms with Crippen molar-refractivity contribution in [1.82, 2.24) is 4.98 Å². The number of hydrogen-bond acceptors (Lipinski definition) is 3. The quantitative estimate of drug-likeness (QED) is 0.513. The average Bonchev–Trinajstić information content (AvgIpc) is 2.75. The molecule has 2 aromatic carbocycles. The average molecular weight is 370 g/mol. The van der Waals surface area contributed by atoms with Crippen molar-refractivity contribution in [1.29, 1.82) is 0 Å². The van der Waals surface area contributed by atoms with E-state index in [1.165, 1.54) is 23.5 Å². The Hall–Kier alpha value is -1.21. The van der Waals surface area contributed by atoms with E-state index in [1.54, 1.807) is 6.07 Å². The number of nitrogen functional groups attached to an aromatic ring is 1. The Morgan fingerprint density at radius 2 is 2.00 bits per heavy atom. The maximum absolute atomic E-state index is 13.1. The van der Waals surface area contributed by atoms with Crippen LogP contribution in [0.15, 0.2) is 36.4 Å². The molecule has 0 fully saturated rings. The Bertz CT molecular complexity index is 739. The maximum atomic E-state index is 13.1. The van der Waals surface area contributed by atoms with Crippen molar-refractivity contribution >= 4 is 49.8 Å². The largest absolute Gasteiger partial charge is 0.398 e. The Kier molecular flexibility index (Phi) is 2.95. The summed E-state index contributed by atoms with van der Waals surface area (Å²) in [5.74, 6) is -0.232. The fourth-order valence-corrected chi connectivity index (χ4v) is 3.18. The van der Waals surface area contributed by atoms with Crippen LogP contribution < -0.4 is 5.73 Å². The van der Waals surface area contributed by atoms with Crippen molar-refractivity contribution in [3.05, 3.63) is 45.8 Å². The number of nitrogens with zero attached hydrogens (tertiary/aromatic N) is 1. The second kappa shape index (κ2) is 4.47. The number of benzene rings is 2. The number of nitrogens with two attached hydrogens (primary N) is 1. The van der Waals surface area contributed by atoms with Gasteiger partial charge in [0, 0.05) is 14.8 Å². The summed E-state index contributed by atoms with van der Waals surface area (Å²) in [5.41, 5.74) is 8.38. The van der Waals surface area contributed by atoms with Gasteiger partial charge in [-0.05, 0) is 59.0 Å². The number of hydrogen-bond donors (Lipinski definition) is 1. The summed E-state index contributed by atoms with van der Waals surface area (Å²) >= 11 is 3.68. The van der Waals surface area contributed by atoms with Crippen molar-refractivity contribution in [3.8, 4) is 10.6 Å². The van der Waals surface area contributed by atoms with Crippen LogP contribution in [0.25, 0.3) is 20.8 Å². The monoisotopic (exact) mass is 370 g/mol. The molecular formula is C13H8FIN2S. The SMILES string of the molecule is Nc1ccc(-c2nc3ccc(F)cc3s2)cc1I. The lowest BCUT2D eigenvalue weighted by Gasteiger charge is -2.00. The zero-order valence-corrected chi connectivity index (χ0v) is 12.1. The van der Waals surface area contributed by atoms with Crippen molar-refractivity contribution in [3.63, 3.8) is 0 Å². The van der Waals surface area contributed by atoms with Crippen LogP contribution in [0.4, 0.5) is 10.1 Å². The normalized spacial score (nSPS) is 11.0. The predicted octanol–water partition coefficient (Wildman–Crippen LogP) is 4.29. The molecule has 1 aromatic heterocycles. The van der Waals surface area contributed by atoms with Crippen LogP contribution >= 0.6 is 33.9 Å². The highest BCUT2D eigenvalue weighted by atomic mass is 127. The molecule has 0 aliphatic rings. The summed E-state index contributed by atoms with van der Waals surface area (Å²) in [6.45, 7) is 0. The number of thiazole rings is 1. The minimum absolute atomic E-state index is 0.232. The molecule has 3 rings (SSSR count). The van der Waals surface area contributed by atoms with Gasteiger partial charge in [0.25, 0.3) is 0 Å². The first-order valence-corrected chi connectivity index (χ1v) is 7.14. The van der Waals surface area contributed by atoms with Gasteiger partial charge >= 0.3 is 0 Å². The summed E-state index contributed by atoms with van der Waals surface area (Å²) in [5, 5.41) is 0.883. The molecule has 2 N–H and O–H groups in total. The van der Waals surface area contributed by atoms with Crippen molar-refractivity contribution in [2.45, 2.75) is 0 Å². The van der Waals surface area contributed by atoms with Gasteiger partial charge in [0.1, 0.15) is 10.8 Å². The summed E-state index contributed by atoms with van der Waals surface area (Å²) in [6, 6.07) is 10.4. The molecule has 2 nitrogen and oxygen atoms in total. The van der Waals surface area contributed by atoms with E-state index in [4.69, 9.17) is 5.73 Å². The van der Waals surface area contributed by atoms with E-state index >= 15 is 0 Å². The zero-order chi connectivity index (χ0) is 12.7. The second-order valence-corrected chi connectivity index (χ2v) is 6.06. The molecule has 0 bridgehead atoms. The first-order chi connectivity index (χ1) is 8.63. The van der Waals surface area contributed by atoms with Crippen LogP contribution in [-0.2, 0) is 0 Å². The Morgan fingerprint density at radius 3 is 2.78 bits per heavy atom. The number of anilines is 1. The van der Waals surface area contributed by atoms with Gasteiger partial charge in [-0.15, -0.1) is 11.3 Å². The van der Waals surface area contributed by atoms with Gasteiger partial charge in [0.2, 0.25) is 0 Å². The van der Waals surface area contributed by atoms with Crippen LogP contribution in [0, 0.1) is 9.39 Å². The molecular weight excluding hydrogens is 362 g/mol. The zero-order valence-electron chi connectivity index (χ0n) is 9.15. The minimum atomic E-state index is -0.232. The Balaban J connectivity index is 2.16. The van der Waals surface area contributed by atoms with Crippen molar-refractivity contribution < 1.29 is 4.39 Å². The van der Waals surface area contributed by atoms with E-state index in [9.17, 15) is 4.39 Å². The van der Waals surface area contributed by atoms with Gasteiger partial charge in [0.15, 0.2) is 0 Å². The lowest BCUT2D eigenvalue weighted by atomic mass is 10.2. The summed E-state index contributed by atoms with van der Waals surface area (Å²) in [7, 11) is 0. The smallest absolute Gasteiger partial charge is 0.124 e. The van der Waals surface area contributed by atoms with Gasteiger partial charge in [-0.2, -0.15) is 0 Å². The van der Waals surface area contributed by atoms with Crippen LogP contribution in [0.3, 0.4) is 0 Å². The van der Waals surface area contributed by atoms with Crippen molar-refractivity contribution in [2.75, 3.05) is 5.73 Å². The number of halogens is 2. The molecule has 0 radical (unpaired) electrons. The molecule has 90 valence electrons. The highest BCUT2D eigenvalue weighted by molar-refractivity contribution is 14.1. The molecule has 0 aliphatic heterocycles. The number of rotatable bonds is 1. The van der Waals surface area contributed by atoms with Crippen molar-refractivity contribution in [2.24, 2.45) is 0 Å². The van der Waals surface area contributed by atoms with E-state index < -0.39 is 0 Å². The summed E-state index contributed by atoms with van der Waals surface area (Å²) in [4.78, 5) is 4.50. The van der Waals surface area contributed by atoms with Gasteiger partial charge in [0.05, 0.1) is 10.2 Å². The molecule has 3 aromatic rings. The molecule has 0 saturated carbocycles. The standard InChI is InChI=1S/C13H8FIN2S/c14-8-2-4-11-12(6-8)18-13(17-11)7-1-3-10(16)9(15)5-7/h1-6H,16H2. The molecule has 0 amide bonds. The minimum Gasteiger partial charge on any atom is -0.398 e. The van der Waals surface area contributed by atoms with Crippen LogP contribution in [0.2, 0.25) is 0 Å². The topological polar surface area (TPSA) is 38.9 Å². The lowest BCUT2D eigenvalue weighted by molar-refractivity contribution is 0.630. The van der Waals surface area contributed by atoms with Crippen LogP contribution in [0.5, 0.6) is 0 Å². The molecule has 5 heteroatoms. The molecule has 0 atom stereocenters. The molecule has 0 unspecified atom stereocenters. The summed E-state index contributed by atoms with van der Waals surface area (Å²) < 4.78 is 15.0. The first-order valence-electron chi connectivity index (χ1n) is 5.25. The third-order valence-corrected chi connectivity index (χ3v) is 4.60. The third-order valence-electron chi connectivity index (χ3n) is 2.60. The predicted molar refractivity (Wildman–Crippen MR) is 82.1 cm³/mol. The molecule has 0 spiro atoms. The fourth-order valence-electron chi connectivity index (χ4n) is 1.68. The highest BCUT2D eigenvalue weighted by Crippen LogP contribution is 2.32. The molecule has 1 heterocycles. The van der Waals surface area contributed by atoms with E-state index in [1.807, 2.05) is 18.2 Å². The summed E-state index contributed by atoms with van der Waals surface area (Å²) in [6.07, 6.45) is 0. The van der Waals surface area contributed by atoms with Gasteiger partial charge in [-0.3, -0.25) is 0 Å². The van der Waals surface area contributed by atoms with Crippen LogP contribution in [-0.4, -0.2) is 4.98 Å². The third kappa shape index (κ3) is 2.08. The highest BCUT2D eigenvalue weighted by Gasteiger charge is 2.08. The van der Waals surface area contributed by atoms with E-state index in [0.29, 0.717) is 0 Å².